The summed E-state index contributed by atoms with van der Waals surface area (Å²) in [6.07, 6.45) is 1.80. The third-order valence-corrected chi connectivity index (χ3v) is 2.62. The van der Waals surface area contributed by atoms with E-state index in [9.17, 15) is 0 Å². The summed E-state index contributed by atoms with van der Waals surface area (Å²) in [7, 11) is 1.68. The lowest BCUT2D eigenvalue weighted by molar-refractivity contribution is 0.414. The maximum absolute atomic E-state index is 5.17. The van der Waals surface area contributed by atoms with Gasteiger partial charge < -0.3 is 10.1 Å². The smallest absolute Gasteiger partial charge is 0.119 e. The molecule has 0 amide bonds. The molecule has 1 heterocycles. The molecule has 0 fully saturated rings. The maximum Gasteiger partial charge on any atom is 0.119 e. The molecule has 1 N–H and O–H groups in total. The molecule has 1 aromatic heterocycles. The Kier molecular flexibility index (Phi) is 3.60. The van der Waals surface area contributed by atoms with E-state index in [1.54, 1.807) is 13.3 Å². The van der Waals surface area contributed by atoms with E-state index in [0.717, 1.165) is 23.7 Å². The molecule has 0 saturated heterocycles. The zero-order valence-electron chi connectivity index (χ0n) is 10.1. The van der Waals surface area contributed by atoms with Crippen molar-refractivity contribution in [3.8, 4) is 5.75 Å². The Labute approximate surface area is 101 Å². The van der Waals surface area contributed by atoms with E-state index in [-0.39, 0.29) is 0 Å². The fraction of sp³-hybridized carbons (Fsp3) is 0.214. The van der Waals surface area contributed by atoms with Crippen molar-refractivity contribution in [1.82, 2.24) is 4.98 Å². The SMILES string of the molecule is COc1ccc(NCc2ccccn2)c(C)c1. The number of anilines is 1. The van der Waals surface area contributed by atoms with Gasteiger partial charge in [0.2, 0.25) is 0 Å². The molecule has 0 unspecified atom stereocenters. The summed E-state index contributed by atoms with van der Waals surface area (Å²) in [5, 5.41) is 3.36. The van der Waals surface area contributed by atoms with Gasteiger partial charge in [0.05, 0.1) is 19.3 Å². The second kappa shape index (κ2) is 5.34. The number of nitrogens with zero attached hydrogens (tertiary/aromatic N) is 1. The van der Waals surface area contributed by atoms with Crippen molar-refractivity contribution in [3.05, 3.63) is 53.9 Å². The molecule has 0 radical (unpaired) electrons. The predicted octanol–water partition coefficient (Wildman–Crippen LogP) is 3.01. The minimum atomic E-state index is 0.730. The molecule has 17 heavy (non-hydrogen) atoms. The van der Waals surface area contributed by atoms with Gasteiger partial charge in [-0.05, 0) is 42.8 Å². The van der Waals surface area contributed by atoms with Gasteiger partial charge in [-0.25, -0.2) is 0 Å². The van der Waals surface area contributed by atoms with E-state index in [2.05, 4.69) is 17.2 Å². The molecule has 0 spiro atoms. The van der Waals surface area contributed by atoms with E-state index in [1.165, 1.54) is 5.56 Å². The van der Waals surface area contributed by atoms with Gasteiger partial charge >= 0.3 is 0 Å². The summed E-state index contributed by atoms with van der Waals surface area (Å²) >= 11 is 0. The van der Waals surface area contributed by atoms with Crippen LogP contribution in [0.5, 0.6) is 5.75 Å². The zero-order valence-corrected chi connectivity index (χ0v) is 10.1. The molecular formula is C14H16N2O. The molecule has 1 aromatic carbocycles. The average Bonchev–Trinajstić information content (AvgIpc) is 2.38. The topological polar surface area (TPSA) is 34.1 Å². The highest BCUT2D eigenvalue weighted by atomic mass is 16.5. The van der Waals surface area contributed by atoms with Gasteiger partial charge in [0.1, 0.15) is 5.75 Å². The summed E-state index contributed by atoms with van der Waals surface area (Å²) in [6, 6.07) is 11.9. The van der Waals surface area contributed by atoms with E-state index >= 15 is 0 Å². The van der Waals surface area contributed by atoms with Crippen molar-refractivity contribution in [3.63, 3.8) is 0 Å². The average molecular weight is 228 g/mol. The Bertz CT molecular complexity index is 483. The van der Waals surface area contributed by atoms with Crippen LogP contribution in [0.25, 0.3) is 0 Å². The van der Waals surface area contributed by atoms with E-state index in [0.29, 0.717) is 0 Å². The van der Waals surface area contributed by atoms with Crippen LogP contribution in [-0.2, 0) is 6.54 Å². The Morgan fingerprint density at radius 2 is 2.12 bits per heavy atom. The van der Waals surface area contributed by atoms with E-state index < -0.39 is 0 Å². The third kappa shape index (κ3) is 2.97. The number of nitrogens with one attached hydrogen (secondary N) is 1. The van der Waals surface area contributed by atoms with Crippen LogP contribution in [0.1, 0.15) is 11.3 Å². The Morgan fingerprint density at radius 3 is 2.76 bits per heavy atom. The van der Waals surface area contributed by atoms with Crippen molar-refractivity contribution < 1.29 is 4.74 Å². The second-order valence-corrected chi connectivity index (χ2v) is 3.86. The minimum Gasteiger partial charge on any atom is -0.497 e. The van der Waals surface area contributed by atoms with Crippen LogP contribution in [0.15, 0.2) is 42.6 Å². The summed E-state index contributed by atoms with van der Waals surface area (Å²) in [5.74, 6) is 0.880. The first-order valence-corrected chi connectivity index (χ1v) is 5.58. The molecular weight excluding hydrogens is 212 g/mol. The van der Waals surface area contributed by atoms with Crippen molar-refractivity contribution in [2.75, 3.05) is 12.4 Å². The molecule has 0 aliphatic carbocycles. The highest BCUT2D eigenvalue weighted by Crippen LogP contribution is 2.21. The van der Waals surface area contributed by atoms with Crippen molar-refractivity contribution >= 4 is 5.69 Å². The zero-order chi connectivity index (χ0) is 12.1. The number of benzene rings is 1. The quantitative estimate of drug-likeness (QED) is 0.873. The fourth-order valence-electron chi connectivity index (χ4n) is 1.65. The summed E-state index contributed by atoms with van der Waals surface area (Å²) in [6.45, 7) is 2.79. The monoisotopic (exact) mass is 228 g/mol. The molecule has 0 bridgehead atoms. The largest absolute Gasteiger partial charge is 0.497 e. The first kappa shape index (κ1) is 11.5. The third-order valence-electron chi connectivity index (χ3n) is 2.62. The van der Waals surface area contributed by atoms with Gasteiger partial charge in [0.15, 0.2) is 0 Å². The molecule has 88 valence electrons. The lowest BCUT2D eigenvalue weighted by Crippen LogP contribution is -2.02. The van der Waals surface area contributed by atoms with Gasteiger partial charge in [-0.3, -0.25) is 4.98 Å². The number of pyridine rings is 1. The van der Waals surface area contributed by atoms with Crippen LogP contribution in [0.2, 0.25) is 0 Å². The first-order chi connectivity index (χ1) is 8.29. The van der Waals surface area contributed by atoms with E-state index in [1.807, 2.05) is 36.4 Å². The Balaban J connectivity index is 2.04. The lowest BCUT2D eigenvalue weighted by atomic mass is 10.2. The molecule has 0 atom stereocenters. The number of methoxy groups -OCH3 is 1. The van der Waals surface area contributed by atoms with Crippen LogP contribution in [0, 0.1) is 6.92 Å². The van der Waals surface area contributed by atoms with Gasteiger partial charge in [-0.15, -0.1) is 0 Å². The number of rotatable bonds is 4. The molecule has 3 heteroatoms. The Hall–Kier alpha value is -2.03. The predicted molar refractivity (Wildman–Crippen MR) is 69.3 cm³/mol. The number of aromatic nitrogens is 1. The second-order valence-electron chi connectivity index (χ2n) is 3.86. The number of aryl methyl sites for hydroxylation is 1. The summed E-state index contributed by atoms with van der Waals surface area (Å²) in [5.41, 5.74) is 3.31. The maximum atomic E-state index is 5.17. The molecule has 0 aliphatic heterocycles. The van der Waals surface area contributed by atoms with Crippen molar-refractivity contribution in [2.24, 2.45) is 0 Å². The Morgan fingerprint density at radius 1 is 1.24 bits per heavy atom. The van der Waals surface area contributed by atoms with Crippen LogP contribution in [0.3, 0.4) is 0 Å². The summed E-state index contributed by atoms with van der Waals surface area (Å²) in [4.78, 5) is 4.27. The van der Waals surface area contributed by atoms with Gasteiger partial charge in [0.25, 0.3) is 0 Å². The van der Waals surface area contributed by atoms with Crippen molar-refractivity contribution in [2.45, 2.75) is 13.5 Å². The van der Waals surface area contributed by atoms with Crippen molar-refractivity contribution in [1.29, 1.82) is 0 Å². The van der Waals surface area contributed by atoms with Crippen LogP contribution < -0.4 is 10.1 Å². The number of hydrogen-bond acceptors (Lipinski definition) is 3. The lowest BCUT2D eigenvalue weighted by Gasteiger charge is -2.10. The number of hydrogen-bond donors (Lipinski definition) is 1. The highest BCUT2D eigenvalue weighted by Gasteiger charge is 2.00. The van der Waals surface area contributed by atoms with Crippen LogP contribution >= 0.6 is 0 Å². The minimum absolute atomic E-state index is 0.730. The van der Waals surface area contributed by atoms with Crippen LogP contribution in [-0.4, -0.2) is 12.1 Å². The van der Waals surface area contributed by atoms with Gasteiger partial charge in [-0.2, -0.15) is 0 Å². The first-order valence-electron chi connectivity index (χ1n) is 5.58. The molecule has 0 aliphatic rings. The molecule has 2 rings (SSSR count). The summed E-state index contributed by atoms with van der Waals surface area (Å²) < 4.78 is 5.17. The standard InChI is InChI=1S/C14H16N2O/c1-11-9-13(17-2)6-7-14(11)16-10-12-5-3-4-8-15-12/h3-9,16H,10H2,1-2H3. The van der Waals surface area contributed by atoms with Gasteiger partial charge in [-0.1, -0.05) is 6.07 Å². The van der Waals surface area contributed by atoms with Crippen LogP contribution in [0.4, 0.5) is 5.69 Å². The molecule has 2 aromatic rings. The fourth-order valence-corrected chi connectivity index (χ4v) is 1.65. The highest BCUT2D eigenvalue weighted by molar-refractivity contribution is 5.53. The number of ether oxygens (including phenoxy) is 1. The van der Waals surface area contributed by atoms with E-state index in [4.69, 9.17) is 4.74 Å². The molecule has 3 nitrogen and oxygen atoms in total. The van der Waals surface area contributed by atoms with Gasteiger partial charge in [0, 0.05) is 11.9 Å². The molecule has 0 saturated carbocycles. The normalized spacial score (nSPS) is 10.0.